The number of para-hydroxylation sites is 1. The predicted octanol–water partition coefficient (Wildman–Crippen LogP) is 2.28. The van der Waals surface area contributed by atoms with Crippen molar-refractivity contribution in [2.45, 2.75) is 12.8 Å². The van der Waals surface area contributed by atoms with Crippen LogP contribution in [-0.4, -0.2) is 57.6 Å². The minimum atomic E-state index is 0.325. The van der Waals surface area contributed by atoms with E-state index in [0.29, 0.717) is 5.92 Å². The third kappa shape index (κ3) is 4.16. The molecule has 0 spiro atoms. The monoisotopic (exact) mass is 263 g/mol. The van der Waals surface area contributed by atoms with Crippen LogP contribution < -0.4 is 4.74 Å². The van der Waals surface area contributed by atoms with Gasteiger partial charge in [-0.2, -0.15) is 0 Å². The normalized spacial score (nSPS) is 11.7. The molecule has 0 amide bonds. The molecule has 0 bridgehead atoms. The number of guanidine groups is 1. The molecule has 0 aliphatic heterocycles. The van der Waals surface area contributed by atoms with Crippen molar-refractivity contribution in [1.82, 2.24) is 9.80 Å². The number of methoxy groups -OCH3 is 1. The van der Waals surface area contributed by atoms with Crippen molar-refractivity contribution in [3.05, 3.63) is 29.8 Å². The van der Waals surface area contributed by atoms with Crippen molar-refractivity contribution < 1.29 is 4.74 Å². The molecule has 0 heterocycles. The highest BCUT2D eigenvalue weighted by atomic mass is 16.5. The van der Waals surface area contributed by atoms with Crippen LogP contribution in [0.3, 0.4) is 0 Å². The number of ether oxygens (including phenoxy) is 1. The molecule has 1 unspecified atom stereocenters. The molecule has 1 aromatic carbocycles. The zero-order chi connectivity index (χ0) is 14.4. The second kappa shape index (κ2) is 7.02. The average Bonchev–Trinajstić information content (AvgIpc) is 2.37. The highest BCUT2D eigenvalue weighted by Gasteiger charge is 2.11. The minimum absolute atomic E-state index is 0.325. The SMILES string of the molecule is COc1ccccc1C(C)CN=C(N(C)C)N(C)C. The van der Waals surface area contributed by atoms with E-state index < -0.39 is 0 Å². The van der Waals surface area contributed by atoms with E-state index in [1.165, 1.54) is 5.56 Å². The third-order valence-electron chi connectivity index (χ3n) is 2.98. The van der Waals surface area contributed by atoms with Gasteiger partial charge in [0.25, 0.3) is 0 Å². The van der Waals surface area contributed by atoms with E-state index in [9.17, 15) is 0 Å². The fourth-order valence-corrected chi connectivity index (χ4v) is 2.07. The van der Waals surface area contributed by atoms with Gasteiger partial charge in [-0.3, -0.25) is 4.99 Å². The van der Waals surface area contributed by atoms with Crippen LogP contribution in [0.5, 0.6) is 5.75 Å². The Hall–Kier alpha value is -1.71. The van der Waals surface area contributed by atoms with Crippen LogP contribution in [0.4, 0.5) is 0 Å². The van der Waals surface area contributed by atoms with Crippen molar-refractivity contribution >= 4 is 5.96 Å². The molecular formula is C15H25N3O. The molecule has 0 aliphatic carbocycles. The molecule has 1 aromatic rings. The van der Waals surface area contributed by atoms with Gasteiger partial charge in [-0.25, -0.2) is 0 Å². The summed E-state index contributed by atoms with van der Waals surface area (Å²) in [7, 11) is 9.73. The Morgan fingerprint density at radius 1 is 1.16 bits per heavy atom. The molecule has 1 rings (SSSR count). The average molecular weight is 263 g/mol. The maximum Gasteiger partial charge on any atom is 0.195 e. The fraction of sp³-hybridized carbons (Fsp3) is 0.533. The van der Waals surface area contributed by atoms with Gasteiger partial charge >= 0.3 is 0 Å². The highest BCUT2D eigenvalue weighted by Crippen LogP contribution is 2.26. The maximum atomic E-state index is 5.40. The van der Waals surface area contributed by atoms with E-state index >= 15 is 0 Å². The second-order valence-electron chi connectivity index (χ2n) is 5.07. The first-order valence-corrected chi connectivity index (χ1v) is 6.49. The Morgan fingerprint density at radius 2 is 1.74 bits per heavy atom. The van der Waals surface area contributed by atoms with Crippen molar-refractivity contribution in [1.29, 1.82) is 0 Å². The molecular weight excluding hydrogens is 238 g/mol. The first kappa shape index (κ1) is 15.3. The number of hydrogen-bond donors (Lipinski definition) is 0. The summed E-state index contributed by atoms with van der Waals surface area (Å²) in [4.78, 5) is 8.73. The van der Waals surface area contributed by atoms with E-state index in [0.717, 1.165) is 18.3 Å². The van der Waals surface area contributed by atoms with Crippen LogP contribution in [0.2, 0.25) is 0 Å². The van der Waals surface area contributed by atoms with Crippen LogP contribution in [0, 0.1) is 0 Å². The standard InChI is InChI=1S/C15H25N3O/c1-12(11-16-15(17(2)3)18(4)5)13-9-7-8-10-14(13)19-6/h7-10,12H,11H2,1-6H3. The van der Waals surface area contributed by atoms with Gasteiger partial charge in [0.2, 0.25) is 0 Å². The molecule has 4 nitrogen and oxygen atoms in total. The van der Waals surface area contributed by atoms with Crippen molar-refractivity contribution in [3.63, 3.8) is 0 Å². The summed E-state index contributed by atoms with van der Waals surface area (Å²) in [5, 5.41) is 0. The lowest BCUT2D eigenvalue weighted by molar-refractivity contribution is 0.406. The third-order valence-corrected chi connectivity index (χ3v) is 2.98. The van der Waals surface area contributed by atoms with Gasteiger partial charge in [-0.1, -0.05) is 25.1 Å². The largest absolute Gasteiger partial charge is 0.496 e. The number of nitrogens with zero attached hydrogens (tertiary/aromatic N) is 3. The van der Waals surface area contributed by atoms with Crippen molar-refractivity contribution in [2.75, 3.05) is 41.8 Å². The van der Waals surface area contributed by atoms with Crippen molar-refractivity contribution in [3.8, 4) is 5.75 Å². The van der Waals surface area contributed by atoms with Gasteiger partial charge < -0.3 is 14.5 Å². The molecule has 0 aliphatic rings. The van der Waals surface area contributed by atoms with E-state index in [4.69, 9.17) is 4.74 Å². The molecule has 0 aromatic heterocycles. The maximum absolute atomic E-state index is 5.40. The summed E-state index contributed by atoms with van der Waals surface area (Å²) < 4.78 is 5.40. The molecule has 106 valence electrons. The molecule has 0 N–H and O–H groups in total. The molecule has 0 saturated carbocycles. The van der Waals surface area contributed by atoms with Crippen LogP contribution in [0.15, 0.2) is 29.3 Å². The molecule has 0 radical (unpaired) electrons. The Morgan fingerprint density at radius 3 is 2.26 bits per heavy atom. The van der Waals surface area contributed by atoms with Gasteiger partial charge in [-0.15, -0.1) is 0 Å². The summed E-state index contributed by atoms with van der Waals surface area (Å²) in [5.41, 5.74) is 1.20. The van der Waals surface area contributed by atoms with Crippen LogP contribution in [0.25, 0.3) is 0 Å². The Labute approximate surface area is 116 Å². The van der Waals surface area contributed by atoms with Gasteiger partial charge in [0.15, 0.2) is 5.96 Å². The van der Waals surface area contributed by atoms with Crippen LogP contribution in [0.1, 0.15) is 18.4 Å². The number of benzene rings is 1. The molecule has 0 saturated heterocycles. The molecule has 4 heteroatoms. The lowest BCUT2D eigenvalue weighted by Crippen LogP contribution is -2.35. The second-order valence-corrected chi connectivity index (χ2v) is 5.07. The number of rotatable bonds is 4. The number of hydrogen-bond acceptors (Lipinski definition) is 2. The Bertz CT molecular complexity index is 417. The van der Waals surface area contributed by atoms with E-state index in [-0.39, 0.29) is 0 Å². The van der Waals surface area contributed by atoms with Crippen LogP contribution >= 0.6 is 0 Å². The van der Waals surface area contributed by atoms with Gasteiger partial charge in [-0.05, 0) is 11.6 Å². The zero-order valence-corrected chi connectivity index (χ0v) is 12.8. The first-order valence-electron chi connectivity index (χ1n) is 6.49. The quantitative estimate of drug-likeness (QED) is 0.616. The van der Waals surface area contributed by atoms with Crippen molar-refractivity contribution in [2.24, 2.45) is 4.99 Å². The lowest BCUT2D eigenvalue weighted by Gasteiger charge is -2.23. The minimum Gasteiger partial charge on any atom is -0.496 e. The topological polar surface area (TPSA) is 28.1 Å². The van der Waals surface area contributed by atoms with E-state index in [1.807, 2.05) is 56.2 Å². The summed E-state index contributed by atoms with van der Waals surface area (Å²) in [6.45, 7) is 2.91. The fourth-order valence-electron chi connectivity index (χ4n) is 2.07. The zero-order valence-electron chi connectivity index (χ0n) is 12.8. The number of aliphatic imine (C=N–C) groups is 1. The summed E-state index contributed by atoms with van der Waals surface area (Å²) in [6, 6.07) is 8.12. The lowest BCUT2D eigenvalue weighted by atomic mass is 10.0. The molecule has 19 heavy (non-hydrogen) atoms. The van der Waals surface area contributed by atoms with Gasteiger partial charge in [0.05, 0.1) is 7.11 Å². The predicted molar refractivity (Wildman–Crippen MR) is 81.1 cm³/mol. The summed E-state index contributed by atoms with van der Waals surface area (Å²) >= 11 is 0. The molecule has 1 atom stereocenters. The van der Waals surface area contributed by atoms with E-state index in [2.05, 4.69) is 18.0 Å². The smallest absolute Gasteiger partial charge is 0.195 e. The highest BCUT2D eigenvalue weighted by molar-refractivity contribution is 5.79. The van der Waals surface area contributed by atoms with E-state index in [1.54, 1.807) is 7.11 Å². The Balaban J connectivity index is 2.84. The Kier molecular flexibility index (Phi) is 5.67. The van der Waals surface area contributed by atoms with Gasteiger partial charge in [0, 0.05) is 40.7 Å². The summed E-state index contributed by atoms with van der Waals surface area (Å²) in [5.74, 6) is 2.23. The summed E-state index contributed by atoms with van der Waals surface area (Å²) in [6.07, 6.45) is 0. The molecule has 0 fully saturated rings. The van der Waals surface area contributed by atoms with Crippen LogP contribution in [-0.2, 0) is 0 Å². The van der Waals surface area contributed by atoms with Gasteiger partial charge in [0.1, 0.15) is 5.75 Å². The first-order chi connectivity index (χ1) is 8.97.